The van der Waals surface area contributed by atoms with Gasteiger partial charge in [-0.05, 0) is 66.3 Å². The van der Waals surface area contributed by atoms with Gasteiger partial charge in [0.1, 0.15) is 5.75 Å². The molecule has 3 aromatic rings. The summed E-state index contributed by atoms with van der Waals surface area (Å²) in [5, 5.41) is 11.1. The number of carbonyl (C=O) groups is 2. The molecule has 186 valence electrons. The average Bonchev–Trinajstić information content (AvgIpc) is 2.91. The Bertz CT molecular complexity index is 1310. The van der Waals surface area contributed by atoms with E-state index in [9.17, 15) is 19.7 Å². The Hall–Kier alpha value is -4.20. The van der Waals surface area contributed by atoms with Crippen molar-refractivity contribution in [2.75, 3.05) is 26.1 Å². The van der Waals surface area contributed by atoms with Gasteiger partial charge in [0.15, 0.2) is 0 Å². The molecule has 0 saturated heterocycles. The number of nitrogens with zero attached hydrogens (tertiary/aromatic N) is 3. The van der Waals surface area contributed by atoms with Crippen LogP contribution in [0.2, 0.25) is 0 Å². The molecule has 0 aliphatic heterocycles. The second-order valence-electron chi connectivity index (χ2n) is 9.00. The second kappa shape index (κ2) is 10.6. The number of ether oxygens (including phenoxy) is 1. The Morgan fingerprint density at radius 2 is 1.83 bits per heavy atom. The zero-order chi connectivity index (χ0) is 25.8. The predicted octanol–water partition coefficient (Wildman–Crippen LogP) is 4.96. The van der Waals surface area contributed by atoms with Crippen LogP contribution in [0.15, 0.2) is 66.7 Å². The molecular weight excluding hydrogens is 458 g/mol. The Morgan fingerprint density at radius 1 is 1.06 bits per heavy atom. The summed E-state index contributed by atoms with van der Waals surface area (Å²) in [4.78, 5) is 40.2. The molecule has 0 spiro atoms. The maximum absolute atomic E-state index is 13.2. The van der Waals surface area contributed by atoms with E-state index < -0.39 is 4.92 Å². The molecule has 36 heavy (non-hydrogen) atoms. The monoisotopic (exact) mass is 487 g/mol. The third-order valence-corrected chi connectivity index (χ3v) is 6.76. The summed E-state index contributed by atoms with van der Waals surface area (Å²) in [6, 6.07) is 19.0. The number of rotatable bonds is 7. The Kier molecular flexibility index (Phi) is 7.33. The summed E-state index contributed by atoms with van der Waals surface area (Å²) in [5.74, 6) is 0.382. The lowest BCUT2D eigenvalue weighted by atomic mass is 9.86. The van der Waals surface area contributed by atoms with Crippen molar-refractivity contribution < 1.29 is 19.2 Å². The molecule has 2 amide bonds. The van der Waals surface area contributed by atoms with Crippen LogP contribution < -0.4 is 9.64 Å². The van der Waals surface area contributed by atoms with Gasteiger partial charge in [-0.25, -0.2) is 0 Å². The van der Waals surface area contributed by atoms with Crippen LogP contribution in [-0.4, -0.2) is 42.8 Å². The van der Waals surface area contributed by atoms with Gasteiger partial charge in [-0.15, -0.1) is 0 Å². The molecule has 8 nitrogen and oxygen atoms in total. The van der Waals surface area contributed by atoms with Crippen LogP contribution in [0, 0.1) is 10.1 Å². The lowest BCUT2D eigenvalue weighted by molar-refractivity contribution is -0.384. The van der Waals surface area contributed by atoms with E-state index in [0.29, 0.717) is 11.4 Å². The molecule has 1 aliphatic carbocycles. The van der Waals surface area contributed by atoms with Crippen LogP contribution >= 0.6 is 0 Å². The predicted molar refractivity (Wildman–Crippen MR) is 137 cm³/mol. The first-order chi connectivity index (χ1) is 17.3. The number of anilines is 1. The summed E-state index contributed by atoms with van der Waals surface area (Å²) < 4.78 is 5.27. The number of nitro groups is 1. The third kappa shape index (κ3) is 5.22. The minimum absolute atomic E-state index is 0.00697. The average molecular weight is 488 g/mol. The first-order valence-corrected chi connectivity index (χ1v) is 11.8. The molecule has 1 aliphatic rings. The summed E-state index contributed by atoms with van der Waals surface area (Å²) in [5.41, 5.74) is 3.86. The fourth-order valence-electron chi connectivity index (χ4n) is 4.69. The first kappa shape index (κ1) is 24.9. The number of non-ortho nitro benzene ring substituents is 1. The van der Waals surface area contributed by atoms with Gasteiger partial charge in [-0.3, -0.25) is 19.7 Å². The molecule has 0 fully saturated rings. The van der Waals surface area contributed by atoms with E-state index in [1.165, 1.54) is 23.1 Å². The van der Waals surface area contributed by atoms with Crippen molar-refractivity contribution in [3.05, 3.63) is 99.1 Å². The van der Waals surface area contributed by atoms with Gasteiger partial charge in [0.2, 0.25) is 5.91 Å². The van der Waals surface area contributed by atoms with E-state index in [2.05, 4.69) is 0 Å². The van der Waals surface area contributed by atoms with Crippen molar-refractivity contribution >= 4 is 23.2 Å². The highest BCUT2D eigenvalue weighted by atomic mass is 16.6. The standard InChI is InChI=1S/C28H29N3O5/c1-29(28(33)21-9-5-10-23(17-21)31(34)35)22-14-13-20-8-6-12-26(25(20)18-22)30(2)27(32)16-19-7-4-11-24(15-19)36-3/h4-5,7,9-11,13-15,17-18,26H,6,8,12,16H2,1-3H3. The van der Waals surface area contributed by atoms with Gasteiger partial charge < -0.3 is 14.5 Å². The van der Waals surface area contributed by atoms with Gasteiger partial charge in [0, 0.05) is 37.5 Å². The molecule has 0 radical (unpaired) electrons. The zero-order valence-corrected chi connectivity index (χ0v) is 20.6. The maximum atomic E-state index is 13.2. The van der Waals surface area contributed by atoms with Gasteiger partial charge in [-0.1, -0.05) is 24.3 Å². The van der Waals surface area contributed by atoms with Crippen LogP contribution in [-0.2, 0) is 17.6 Å². The van der Waals surface area contributed by atoms with Crippen LogP contribution in [0.4, 0.5) is 11.4 Å². The molecule has 0 heterocycles. The number of methoxy groups -OCH3 is 1. The highest BCUT2D eigenvalue weighted by Crippen LogP contribution is 2.36. The van der Waals surface area contributed by atoms with Crippen LogP contribution in [0.1, 0.15) is 45.9 Å². The lowest BCUT2D eigenvalue weighted by Crippen LogP contribution is -2.34. The summed E-state index contributed by atoms with van der Waals surface area (Å²) >= 11 is 0. The quantitative estimate of drug-likeness (QED) is 0.347. The minimum atomic E-state index is -0.515. The zero-order valence-electron chi connectivity index (χ0n) is 20.6. The van der Waals surface area contributed by atoms with Crippen molar-refractivity contribution in [3.8, 4) is 5.75 Å². The number of likely N-dealkylation sites (N-methyl/N-ethyl adjacent to an activating group) is 1. The van der Waals surface area contributed by atoms with E-state index >= 15 is 0 Å². The van der Waals surface area contributed by atoms with Crippen molar-refractivity contribution in [2.24, 2.45) is 0 Å². The Morgan fingerprint density at radius 3 is 2.58 bits per heavy atom. The van der Waals surface area contributed by atoms with Crippen molar-refractivity contribution in [2.45, 2.75) is 31.7 Å². The molecule has 1 atom stereocenters. The summed E-state index contributed by atoms with van der Waals surface area (Å²) in [7, 11) is 5.08. The number of aryl methyl sites for hydroxylation is 1. The van der Waals surface area contributed by atoms with Crippen molar-refractivity contribution in [1.29, 1.82) is 0 Å². The summed E-state index contributed by atoms with van der Waals surface area (Å²) in [6.45, 7) is 0. The first-order valence-electron chi connectivity index (χ1n) is 11.8. The molecule has 8 heteroatoms. The lowest BCUT2D eigenvalue weighted by Gasteiger charge is -2.34. The highest BCUT2D eigenvalue weighted by molar-refractivity contribution is 6.06. The SMILES string of the molecule is COc1cccc(CC(=O)N(C)C2CCCc3ccc(N(C)C(=O)c4cccc([N+](=O)[O-])c4)cc32)c1. The number of carbonyl (C=O) groups excluding carboxylic acids is 2. The molecule has 3 aromatic carbocycles. The fraction of sp³-hybridized carbons (Fsp3) is 0.286. The normalized spacial score (nSPS) is 14.5. The molecule has 4 rings (SSSR count). The van der Waals surface area contributed by atoms with Crippen LogP contribution in [0.5, 0.6) is 5.75 Å². The number of hydrogen-bond acceptors (Lipinski definition) is 5. The van der Waals surface area contributed by atoms with Crippen molar-refractivity contribution in [3.63, 3.8) is 0 Å². The molecule has 0 aromatic heterocycles. The number of nitro benzene ring substituents is 1. The molecule has 0 bridgehead atoms. The molecule has 1 unspecified atom stereocenters. The van der Waals surface area contributed by atoms with Crippen LogP contribution in [0.3, 0.4) is 0 Å². The maximum Gasteiger partial charge on any atom is 0.270 e. The van der Waals surface area contributed by atoms with E-state index in [0.717, 1.165) is 36.0 Å². The van der Waals surface area contributed by atoms with E-state index in [1.54, 1.807) is 25.1 Å². The number of amides is 2. The largest absolute Gasteiger partial charge is 0.497 e. The van der Waals surface area contributed by atoms with Crippen LogP contribution in [0.25, 0.3) is 0 Å². The van der Waals surface area contributed by atoms with E-state index in [-0.39, 0.29) is 35.5 Å². The smallest absolute Gasteiger partial charge is 0.270 e. The molecular formula is C28H29N3O5. The Labute approximate surface area is 210 Å². The van der Waals surface area contributed by atoms with E-state index in [1.807, 2.05) is 49.5 Å². The minimum Gasteiger partial charge on any atom is -0.497 e. The Balaban J connectivity index is 1.56. The molecule has 0 N–H and O–H groups in total. The topological polar surface area (TPSA) is 93.0 Å². The second-order valence-corrected chi connectivity index (χ2v) is 9.00. The van der Waals surface area contributed by atoms with Crippen molar-refractivity contribution in [1.82, 2.24) is 4.90 Å². The van der Waals surface area contributed by atoms with Gasteiger partial charge in [0.05, 0.1) is 24.5 Å². The fourth-order valence-corrected chi connectivity index (χ4v) is 4.69. The van der Waals surface area contributed by atoms with Gasteiger partial charge >= 0.3 is 0 Å². The summed E-state index contributed by atoms with van der Waals surface area (Å²) in [6.07, 6.45) is 2.98. The number of fused-ring (bicyclic) bond motifs is 1. The highest BCUT2D eigenvalue weighted by Gasteiger charge is 2.28. The number of hydrogen-bond donors (Lipinski definition) is 0. The third-order valence-electron chi connectivity index (χ3n) is 6.76. The van der Waals surface area contributed by atoms with Gasteiger partial charge in [0.25, 0.3) is 11.6 Å². The van der Waals surface area contributed by atoms with E-state index in [4.69, 9.17) is 4.74 Å². The number of benzene rings is 3. The van der Waals surface area contributed by atoms with Gasteiger partial charge in [-0.2, -0.15) is 0 Å². The molecule has 0 saturated carbocycles.